The Morgan fingerprint density at radius 3 is 2.82 bits per heavy atom. The molecule has 5 nitrogen and oxygen atoms in total. The molecule has 92 valence electrons. The van der Waals surface area contributed by atoms with Gasteiger partial charge in [-0.25, -0.2) is 0 Å². The average Bonchev–Trinajstić information content (AvgIpc) is 2.68. The second-order valence-electron chi connectivity index (χ2n) is 4.87. The zero-order valence-corrected chi connectivity index (χ0v) is 10.1. The van der Waals surface area contributed by atoms with E-state index in [0.29, 0.717) is 0 Å². The first-order valence-electron chi connectivity index (χ1n) is 5.74. The van der Waals surface area contributed by atoms with E-state index < -0.39 is 0 Å². The smallest absolute Gasteiger partial charge is 0.269 e. The summed E-state index contributed by atoms with van der Waals surface area (Å²) in [5.41, 5.74) is 2.07. The molecule has 1 aliphatic heterocycles. The van der Waals surface area contributed by atoms with Gasteiger partial charge in [-0.3, -0.25) is 10.1 Å². The van der Waals surface area contributed by atoms with Gasteiger partial charge in [-0.1, -0.05) is 0 Å². The van der Waals surface area contributed by atoms with Gasteiger partial charge in [-0.2, -0.15) is 0 Å². The van der Waals surface area contributed by atoms with E-state index >= 15 is 0 Å². The molecule has 5 heteroatoms. The second-order valence-corrected chi connectivity index (χ2v) is 4.87. The van der Waals surface area contributed by atoms with Crippen molar-refractivity contribution >= 4 is 11.4 Å². The summed E-state index contributed by atoms with van der Waals surface area (Å²) in [6.07, 6.45) is 1.06. The van der Waals surface area contributed by atoms with Gasteiger partial charge in [0.25, 0.3) is 5.69 Å². The molecule has 0 saturated carbocycles. The lowest BCUT2D eigenvalue weighted by atomic mass is 10.0. The van der Waals surface area contributed by atoms with Gasteiger partial charge in [-0.15, -0.1) is 0 Å². The summed E-state index contributed by atoms with van der Waals surface area (Å²) in [4.78, 5) is 10.3. The standard InChI is InChI=1S/C12H17N3O2/c1-9-7-10(15(16)17)3-4-11(9)14-12(2)5-6-13-8-12/h3-4,7,13-14H,5-6,8H2,1-2H3. The van der Waals surface area contributed by atoms with Crippen molar-refractivity contribution in [2.75, 3.05) is 18.4 Å². The summed E-state index contributed by atoms with van der Waals surface area (Å²) in [7, 11) is 0. The van der Waals surface area contributed by atoms with Crippen molar-refractivity contribution in [2.24, 2.45) is 0 Å². The second kappa shape index (κ2) is 4.33. The molecule has 1 aliphatic rings. The van der Waals surface area contributed by atoms with E-state index in [0.717, 1.165) is 30.8 Å². The van der Waals surface area contributed by atoms with Crippen molar-refractivity contribution in [3.8, 4) is 0 Å². The molecule has 0 bridgehead atoms. The van der Waals surface area contributed by atoms with Crippen molar-refractivity contribution in [1.82, 2.24) is 5.32 Å². The van der Waals surface area contributed by atoms with Crippen LogP contribution >= 0.6 is 0 Å². The van der Waals surface area contributed by atoms with Crippen LogP contribution in [0.25, 0.3) is 0 Å². The lowest BCUT2D eigenvalue weighted by Crippen LogP contribution is -2.37. The van der Waals surface area contributed by atoms with Crippen LogP contribution in [0.15, 0.2) is 18.2 Å². The average molecular weight is 235 g/mol. The highest BCUT2D eigenvalue weighted by Gasteiger charge is 2.28. The molecule has 2 rings (SSSR count). The fraction of sp³-hybridized carbons (Fsp3) is 0.500. The molecule has 1 saturated heterocycles. The highest BCUT2D eigenvalue weighted by molar-refractivity contribution is 5.56. The maximum Gasteiger partial charge on any atom is 0.269 e. The Hall–Kier alpha value is -1.62. The highest BCUT2D eigenvalue weighted by atomic mass is 16.6. The van der Waals surface area contributed by atoms with Crippen LogP contribution in [0.4, 0.5) is 11.4 Å². The molecule has 0 aliphatic carbocycles. The summed E-state index contributed by atoms with van der Waals surface area (Å²) < 4.78 is 0. The van der Waals surface area contributed by atoms with Crippen LogP contribution in [0.5, 0.6) is 0 Å². The molecular weight excluding hydrogens is 218 g/mol. The van der Waals surface area contributed by atoms with E-state index in [1.165, 1.54) is 0 Å². The first-order valence-corrected chi connectivity index (χ1v) is 5.74. The van der Waals surface area contributed by atoms with Gasteiger partial charge >= 0.3 is 0 Å². The Bertz CT molecular complexity index is 439. The van der Waals surface area contributed by atoms with Gasteiger partial charge in [-0.05, 0) is 38.4 Å². The lowest BCUT2D eigenvalue weighted by molar-refractivity contribution is -0.384. The van der Waals surface area contributed by atoms with Crippen LogP contribution in [0.2, 0.25) is 0 Å². The van der Waals surface area contributed by atoms with Crippen molar-refractivity contribution in [3.05, 3.63) is 33.9 Å². The van der Waals surface area contributed by atoms with E-state index in [1.54, 1.807) is 18.2 Å². The highest BCUT2D eigenvalue weighted by Crippen LogP contribution is 2.26. The van der Waals surface area contributed by atoms with Gasteiger partial charge < -0.3 is 10.6 Å². The Kier molecular flexibility index (Phi) is 3.02. The van der Waals surface area contributed by atoms with Crippen LogP contribution in [0, 0.1) is 17.0 Å². The van der Waals surface area contributed by atoms with Gasteiger partial charge in [0.15, 0.2) is 0 Å². The SMILES string of the molecule is Cc1cc([N+](=O)[O-])ccc1NC1(C)CCNC1. The van der Waals surface area contributed by atoms with Gasteiger partial charge in [0.05, 0.1) is 4.92 Å². The van der Waals surface area contributed by atoms with Gasteiger partial charge in [0, 0.05) is 29.9 Å². The molecule has 1 heterocycles. The van der Waals surface area contributed by atoms with Crippen LogP contribution in [-0.2, 0) is 0 Å². The summed E-state index contributed by atoms with van der Waals surface area (Å²) in [5, 5.41) is 17.4. The van der Waals surface area contributed by atoms with E-state index in [4.69, 9.17) is 0 Å². The summed E-state index contributed by atoms with van der Waals surface area (Å²) in [6.45, 7) is 5.98. The normalized spacial score (nSPS) is 23.6. The molecule has 1 unspecified atom stereocenters. The zero-order chi connectivity index (χ0) is 12.5. The summed E-state index contributed by atoms with van der Waals surface area (Å²) in [5.74, 6) is 0. The predicted octanol–water partition coefficient (Wildman–Crippen LogP) is 2.07. The lowest BCUT2D eigenvalue weighted by Gasteiger charge is -2.26. The fourth-order valence-electron chi connectivity index (χ4n) is 2.15. The molecule has 1 aromatic carbocycles. The monoisotopic (exact) mass is 235 g/mol. The van der Waals surface area contributed by atoms with Crippen molar-refractivity contribution < 1.29 is 4.92 Å². The van der Waals surface area contributed by atoms with E-state index in [9.17, 15) is 10.1 Å². The minimum absolute atomic E-state index is 0.0426. The largest absolute Gasteiger partial charge is 0.378 e. The van der Waals surface area contributed by atoms with E-state index in [-0.39, 0.29) is 16.1 Å². The molecule has 17 heavy (non-hydrogen) atoms. The molecule has 0 aromatic heterocycles. The molecule has 1 aromatic rings. The molecule has 0 amide bonds. The predicted molar refractivity (Wildman–Crippen MR) is 67.3 cm³/mol. The third-order valence-corrected chi connectivity index (χ3v) is 3.23. The molecule has 0 radical (unpaired) electrons. The number of anilines is 1. The minimum atomic E-state index is -0.365. The molecule has 1 fully saturated rings. The summed E-state index contributed by atoms with van der Waals surface area (Å²) in [6, 6.07) is 4.94. The number of nitro groups is 1. The molecule has 2 N–H and O–H groups in total. The topological polar surface area (TPSA) is 67.2 Å². The number of benzene rings is 1. The van der Waals surface area contributed by atoms with Gasteiger partial charge in [0.1, 0.15) is 0 Å². The Morgan fingerprint density at radius 2 is 2.29 bits per heavy atom. The number of hydrogen-bond donors (Lipinski definition) is 2. The number of aryl methyl sites for hydroxylation is 1. The van der Waals surface area contributed by atoms with Crippen LogP contribution < -0.4 is 10.6 Å². The summed E-state index contributed by atoms with van der Waals surface area (Å²) >= 11 is 0. The fourth-order valence-corrected chi connectivity index (χ4v) is 2.15. The number of hydrogen-bond acceptors (Lipinski definition) is 4. The number of non-ortho nitro benzene ring substituents is 1. The number of rotatable bonds is 3. The van der Waals surface area contributed by atoms with Crippen molar-refractivity contribution in [1.29, 1.82) is 0 Å². The maximum atomic E-state index is 10.6. The third kappa shape index (κ3) is 2.55. The van der Waals surface area contributed by atoms with Crippen LogP contribution in [0.1, 0.15) is 18.9 Å². The first-order chi connectivity index (χ1) is 8.00. The Labute approximate surface area is 100 Å². The first kappa shape index (κ1) is 11.9. The Morgan fingerprint density at radius 1 is 1.53 bits per heavy atom. The van der Waals surface area contributed by atoms with E-state index in [1.807, 2.05) is 6.92 Å². The number of nitrogens with one attached hydrogen (secondary N) is 2. The van der Waals surface area contributed by atoms with Crippen LogP contribution in [0.3, 0.4) is 0 Å². The maximum absolute atomic E-state index is 10.6. The number of nitrogens with zero attached hydrogens (tertiary/aromatic N) is 1. The Balaban J connectivity index is 2.19. The van der Waals surface area contributed by atoms with Crippen LogP contribution in [-0.4, -0.2) is 23.6 Å². The number of nitro benzene ring substituents is 1. The van der Waals surface area contributed by atoms with Crippen molar-refractivity contribution in [3.63, 3.8) is 0 Å². The zero-order valence-electron chi connectivity index (χ0n) is 10.1. The third-order valence-electron chi connectivity index (χ3n) is 3.23. The quantitative estimate of drug-likeness (QED) is 0.621. The minimum Gasteiger partial charge on any atom is -0.378 e. The van der Waals surface area contributed by atoms with Gasteiger partial charge in [0.2, 0.25) is 0 Å². The molecule has 0 spiro atoms. The van der Waals surface area contributed by atoms with Crippen molar-refractivity contribution in [2.45, 2.75) is 25.8 Å². The molecule has 1 atom stereocenters. The molecular formula is C12H17N3O2. The van der Waals surface area contributed by atoms with E-state index in [2.05, 4.69) is 17.6 Å².